The molecule has 1 N–H and O–H groups in total. The first-order valence-electron chi connectivity index (χ1n) is 8.48. The summed E-state index contributed by atoms with van der Waals surface area (Å²) in [6.07, 6.45) is 7.08. The van der Waals surface area contributed by atoms with Gasteiger partial charge in [0.15, 0.2) is 0 Å². The number of anilines is 1. The van der Waals surface area contributed by atoms with Crippen LogP contribution in [0.1, 0.15) is 34.9 Å². The number of imidazole rings is 1. The van der Waals surface area contributed by atoms with E-state index in [1.807, 2.05) is 6.20 Å². The molecular formula is C18H19N5O3. The van der Waals surface area contributed by atoms with E-state index in [9.17, 15) is 4.79 Å². The quantitative estimate of drug-likeness (QED) is 0.774. The second kappa shape index (κ2) is 7.09. The maximum atomic E-state index is 12.5. The van der Waals surface area contributed by atoms with Crippen molar-refractivity contribution >= 4 is 17.4 Å². The number of aromatic nitrogens is 4. The number of hydrogen-bond acceptors (Lipinski definition) is 6. The number of ether oxygens (including phenoxy) is 2. The fraction of sp³-hybridized carbons (Fsp3) is 0.333. The van der Waals surface area contributed by atoms with Gasteiger partial charge < -0.3 is 14.8 Å². The van der Waals surface area contributed by atoms with Gasteiger partial charge in [-0.3, -0.25) is 9.20 Å². The average molecular weight is 353 g/mol. The van der Waals surface area contributed by atoms with Gasteiger partial charge in [-0.05, 0) is 25.0 Å². The van der Waals surface area contributed by atoms with Gasteiger partial charge in [-0.2, -0.15) is 0 Å². The van der Waals surface area contributed by atoms with E-state index in [0.29, 0.717) is 23.3 Å². The highest BCUT2D eigenvalue weighted by molar-refractivity contribution is 6.02. The monoisotopic (exact) mass is 353 g/mol. The van der Waals surface area contributed by atoms with Crippen molar-refractivity contribution in [2.45, 2.75) is 18.8 Å². The van der Waals surface area contributed by atoms with Crippen molar-refractivity contribution in [3.63, 3.8) is 0 Å². The fourth-order valence-electron chi connectivity index (χ4n) is 3.04. The summed E-state index contributed by atoms with van der Waals surface area (Å²) in [5.74, 6) is 0.772. The van der Waals surface area contributed by atoms with Crippen LogP contribution in [0.4, 0.5) is 5.82 Å². The Hall–Kier alpha value is -3.00. The van der Waals surface area contributed by atoms with Gasteiger partial charge in [0.25, 0.3) is 11.8 Å². The minimum atomic E-state index is -0.356. The third-order valence-electron chi connectivity index (χ3n) is 4.40. The van der Waals surface area contributed by atoms with Crippen LogP contribution in [-0.4, -0.2) is 45.6 Å². The summed E-state index contributed by atoms with van der Waals surface area (Å²) in [5.41, 5.74) is 1.80. The zero-order valence-corrected chi connectivity index (χ0v) is 14.4. The smallest absolute Gasteiger partial charge is 0.277 e. The molecule has 0 saturated carbocycles. The zero-order valence-electron chi connectivity index (χ0n) is 14.4. The van der Waals surface area contributed by atoms with Crippen LogP contribution in [-0.2, 0) is 4.74 Å². The Balaban J connectivity index is 1.66. The third kappa shape index (κ3) is 3.23. The summed E-state index contributed by atoms with van der Waals surface area (Å²) in [7, 11) is 1.52. The second-order valence-corrected chi connectivity index (χ2v) is 6.09. The lowest BCUT2D eigenvalue weighted by molar-refractivity contribution is 0.0846. The van der Waals surface area contributed by atoms with Gasteiger partial charge in [0, 0.05) is 37.7 Å². The molecule has 0 aromatic carbocycles. The summed E-state index contributed by atoms with van der Waals surface area (Å²) >= 11 is 0. The Bertz CT molecular complexity index is 919. The average Bonchev–Trinajstić information content (AvgIpc) is 3.13. The van der Waals surface area contributed by atoms with Gasteiger partial charge >= 0.3 is 0 Å². The van der Waals surface area contributed by atoms with Crippen molar-refractivity contribution in [3.8, 4) is 5.88 Å². The Morgan fingerprint density at radius 3 is 2.85 bits per heavy atom. The van der Waals surface area contributed by atoms with Gasteiger partial charge in [0.05, 0.1) is 12.8 Å². The first-order valence-corrected chi connectivity index (χ1v) is 8.48. The van der Waals surface area contributed by atoms with Crippen LogP contribution in [0, 0.1) is 0 Å². The molecule has 0 bridgehead atoms. The van der Waals surface area contributed by atoms with Crippen molar-refractivity contribution in [3.05, 3.63) is 48.2 Å². The molecule has 1 fully saturated rings. The Kier molecular flexibility index (Phi) is 4.49. The van der Waals surface area contributed by atoms with Gasteiger partial charge in [0.2, 0.25) is 5.65 Å². The van der Waals surface area contributed by atoms with E-state index in [2.05, 4.69) is 20.3 Å². The Morgan fingerprint density at radius 1 is 1.27 bits per heavy atom. The lowest BCUT2D eigenvalue weighted by Gasteiger charge is -2.19. The molecule has 4 heterocycles. The molecule has 1 aliphatic heterocycles. The van der Waals surface area contributed by atoms with E-state index in [1.165, 1.54) is 7.11 Å². The predicted octanol–water partition coefficient (Wildman–Crippen LogP) is 2.28. The van der Waals surface area contributed by atoms with Gasteiger partial charge in [-0.1, -0.05) is 6.07 Å². The molecule has 0 aliphatic carbocycles. The zero-order chi connectivity index (χ0) is 17.9. The highest BCUT2D eigenvalue weighted by Crippen LogP contribution is 2.28. The van der Waals surface area contributed by atoms with Crippen molar-refractivity contribution in [1.82, 2.24) is 19.4 Å². The van der Waals surface area contributed by atoms with Crippen LogP contribution in [0.15, 0.2) is 36.8 Å². The van der Waals surface area contributed by atoms with E-state index < -0.39 is 0 Å². The number of pyridine rings is 1. The molecule has 0 radical (unpaired) electrons. The van der Waals surface area contributed by atoms with E-state index in [-0.39, 0.29) is 11.6 Å². The Morgan fingerprint density at radius 2 is 2.12 bits per heavy atom. The molecule has 1 amide bonds. The number of carbonyl (C=O) groups excluding carboxylic acids is 1. The van der Waals surface area contributed by atoms with Crippen LogP contribution in [0.25, 0.3) is 5.65 Å². The second-order valence-electron chi connectivity index (χ2n) is 6.09. The maximum absolute atomic E-state index is 12.5. The summed E-state index contributed by atoms with van der Waals surface area (Å²) < 4.78 is 12.6. The minimum Gasteiger partial charge on any atom is -0.478 e. The summed E-state index contributed by atoms with van der Waals surface area (Å²) in [5, 5.41) is 2.73. The summed E-state index contributed by atoms with van der Waals surface area (Å²) in [6.45, 7) is 1.48. The molecule has 3 aromatic heterocycles. The minimum absolute atomic E-state index is 0.232. The van der Waals surface area contributed by atoms with Crippen LogP contribution < -0.4 is 10.1 Å². The number of amides is 1. The summed E-state index contributed by atoms with van der Waals surface area (Å²) in [4.78, 5) is 25.6. The highest BCUT2D eigenvalue weighted by atomic mass is 16.5. The van der Waals surface area contributed by atoms with Crippen molar-refractivity contribution in [1.29, 1.82) is 0 Å². The van der Waals surface area contributed by atoms with E-state index in [0.717, 1.165) is 31.7 Å². The topological polar surface area (TPSA) is 90.6 Å². The van der Waals surface area contributed by atoms with E-state index in [1.54, 1.807) is 35.0 Å². The van der Waals surface area contributed by atoms with Crippen molar-refractivity contribution < 1.29 is 14.3 Å². The summed E-state index contributed by atoms with van der Waals surface area (Å²) in [6, 6.07) is 5.30. The molecule has 0 unspecified atom stereocenters. The molecule has 1 saturated heterocycles. The lowest BCUT2D eigenvalue weighted by Crippen LogP contribution is -2.16. The van der Waals surface area contributed by atoms with Gasteiger partial charge in [-0.15, -0.1) is 0 Å². The van der Waals surface area contributed by atoms with E-state index >= 15 is 0 Å². The molecule has 0 spiro atoms. The molecule has 3 aromatic rings. The lowest BCUT2D eigenvalue weighted by atomic mass is 9.97. The standard InChI is InChI=1S/C18H19N5O3/c1-25-18-16-20-13(12-5-8-26-9-6-12)10-23(16)11-14(21-18)17(24)22-15-4-2-3-7-19-15/h2-4,7,10-12H,5-6,8-9H2,1H3,(H,19,22,24). The van der Waals surface area contributed by atoms with Gasteiger partial charge in [0.1, 0.15) is 11.5 Å². The SMILES string of the molecule is COc1nc(C(=O)Nc2ccccn2)cn2cc(C3CCOCC3)nc12. The molecule has 134 valence electrons. The number of fused-ring (bicyclic) bond motifs is 1. The Labute approximate surface area is 150 Å². The normalized spacial score (nSPS) is 15.1. The van der Waals surface area contributed by atoms with E-state index in [4.69, 9.17) is 9.47 Å². The number of nitrogens with zero attached hydrogens (tertiary/aromatic N) is 4. The first-order chi connectivity index (χ1) is 12.7. The number of hydrogen-bond donors (Lipinski definition) is 1. The molecule has 8 heteroatoms. The number of rotatable bonds is 4. The molecule has 8 nitrogen and oxygen atoms in total. The molecule has 0 atom stereocenters. The largest absolute Gasteiger partial charge is 0.478 e. The van der Waals surface area contributed by atoms with Crippen molar-refractivity contribution in [2.24, 2.45) is 0 Å². The molecule has 4 rings (SSSR count). The number of carbonyl (C=O) groups is 1. The molecule has 26 heavy (non-hydrogen) atoms. The third-order valence-corrected chi connectivity index (χ3v) is 4.40. The molecular weight excluding hydrogens is 334 g/mol. The first kappa shape index (κ1) is 16.5. The maximum Gasteiger partial charge on any atom is 0.277 e. The number of nitrogens with one attached hydrogen (secondary N) is 1. The fourth-order valence-corrected chi connectivity index (χ4v) is 3.04. The van der Waals surface area contributed by atoms with Crippen LogP contribution in [0.3, 0.4) is 0 Å². The number of methoxy groups -OCH3 is 1. The van der Waals surface area contributed by atoms with Gasteiger partial charge in [-0.25, -0.2) is 15.0 Å². The molecule has 1 aliphatic rings. The van der Waals surface area contributed by atoms with Crippen LogP contribution >= 0.6 is 0 Å². The predicted molar refractivity (Wildman–Crippen MR) is 94.5 cm³/mol. The van der Waals surface area contributed by atoms with Crippen LogP contribution in [0.2, 0.25) is 0 Å². The highest BCUT2D eigenvalue weighted by Gasteiger charge is 2.21. The van der Waals surface area contributed by atoms with Crippen molar-refractivity contribution in [2.75, 3.05) is 25.6 Å². The van der Waals surface area contributed by atoms with Crippen LogP contribution in [0.5, 0.6) is 5.88 Å².